The maximum Gasteiger partial charge on any atom is 0.0991 e. The molecule has 152 valence electrons. The van der Waals surface area contributed by atoms with Crippen molar-refractivity contribution >= 4 is 40.5 Å². The standard InChI is InChI=1S/C25H21Cl3N2/c26-19-5-3-18(4-6-19)23-11-17(15-30-21-8-1-16(14-29)2-9-21)12-24(23)22-10-7-20(27)13-25(22)28/h1-10,13,17,23-24,30H,11-12,15H2/t17-,23-,24+/m1/s1. The number of nitrogens with one attached hydrogen (secondary N) is 1. The van der Waals surface area contributed by atoms with Crippen LogP contribution in [0, 0.1) is 17.2 Å². The van der Waals surface area contributed by atoms with Gasteiger partial charge in [0.05, 0.1) is 11.6 Å². The molecule has 0 saturated heterocycles. The molecule has 0 radical (unpaired) electrons. The van der Waals surface area contributed by atoms with E-state index in [1.165, 1.54) is 5.56 Å². The van der Waals surface area contributed by atoms with E-state index in [1.54, 1.807) is 0 Å². The zero-order chi connectivity index (χ0) is 21.1. The molecule has 3 aromatic rings. The maximum absolute atomic E-state index is 8.96. The third-order valence-corrected chi connectivity index (χ3v) is 6.74. The van der Waals surface area contributed by atoms with Gasteiger partial charge in [0.15, 0.2) is 0 Å². The van der Waals surface area contributed by atoms with Gasteiger partial charge in [-0.2, -0.15) is 5.26 Å². The minimum absolute atomic E-state index is 0.323. The van der Waals surface area contributed by atoms with Crippen molar-refractivity contribution in [1.82, 2.24) is 0 Å². The first-order valence-electron chi connectivity index (χ1n) is 9.98. The smallest absolute Gasteiger partial charge is 0.0991 e. The average Bonchev–Trinajstić information content (AvgIpc) is 3.17. The molecule has 0 heterocycles. The molecular weight excluding hydrogens is 435 g/mol. The second-order valence-corrected chi connectivity index (χ2v) is 9.12. The molecule has 0 aromatic heterocycles. The van der Waals surface area contributed by atoms with Gasteiger partial charge in [-0.3, -0.25) is 0 Å². The molecule has 0 spiro atoms. The van der Waals surface area contributed by atoms with Gasteiger partial charge in [0.2, 0.25) is 0 Å². The Bertz CT molecular complexity index is 1060. The van der Waals surface area contributed by atoms with Gasteiger partial charge < -0.3 is 5.32 Å². The number of nitrogens with zero attached hydrogens (tertiary/aromatic N) is 1. The van der Waals surface area contributed by atoms with E-state index in [-0.39, 0.29) is 0 Å². The van der Waals surface area contributed by atoms with Gasteiger partial charge in [0, 0.05) is 27.3 Å². The fraction of sp³-hybridized carbons (Fsp3) is 0.240. The molecule has 3 atom stereocenters. The first-order valence-corrected chi connectivity index (χ1v) is 11.1. The van der Waals surface area contributed by atoms with Crippen LogP contribution in [-0.4, -0.2) is 6.54 Å². The zero-order valence-electron chi connectivity index (χ0n) is 16.3. The van der Waals surface area contributed by atoms with Gasteiger partial charge in [-0.25, -0.2) is 0 Å². The summed E-state index contributed by atoms with van der Waals surface area (Å²) in [6.45, 7) is 0.873. The van der Waals surface area contributed by atoms with Crippen LogP contribution < -0.4 is 5.32 Å². The fourth-order valence-corrected chi connectivity index (χ4v) is 5.13. The molecule has 0 amide bonds. The zero-order valence-corrected chi connectivity index (χ0v) is 18.6. The normalized spacial score (nSPS) is 20.7. The quantitative estimate of drug-likeness (QED) is 0.424. The lowest BCUT2D eigenvalue weighted by atomic mass is 9.84. The van der Waals surface area contributed by atoms with Crippen molar-refractivity contribution in [2.24, 2.45) is 5.92 Å². The van der Waals surface area contributed by atoms with Crippen molar-refractivity contribution in [2.75, 3.05) is 11.9 Å². The van der Waals surface area contributed by atoms with E-state index in [4.69, 9.17) is 40.1 Å². The monoisotopic (exact) mass is 454 g/mol. The number of rotatable bonds is 5. The highest BCUT2D eigenvalue weighted by Gasteiger charge is 2.37. The van der Waals surface area contributed by atoms with E-state index in [0.717, 1.165) is 40.7 Å². The molecule has 3 aromatic carbocycles. The third kappa shape index (κ3) is 4.76. The molecular formula is C25H21Cl3N2. The molecule has 4 rings (SSSR count). The van der Waals surface area contributed by atoms with E-state index >= 15 is 0 Å². The van der Waals surface area contributed by atoms with E-state index in [2.05, 4.69) is 29.6 Å². The number of nitriles is 1. The second kappa shape index (κ2) is 9.31. The van der Waals surface area contributed by atoms with Gasteiger partial charge in [-0.05, 0) is 90.3 Å². The molecule has 0 aliphatic heterocycles. The largest absolute Gasteiger partial charge is 0.385 e. The Hall–Kier alpha value is -2.18. The summed E-state index contributed by atoms with van der Waals surface area (Å²) in [4.78, 5) is 0. The Morgan fingerprint density at radius 3 is 2.17 bits per heavy atom. The summed E-state index contributed by atoms with van der Waals surface area (Å²) >= 11 is 18.8. The summed E-state index contributed by atoms with van der Waals surface area (Å²) < 4.78 is 0. The van der Waals surface area contributed by atoms with E-state index < -0.39 is 0 Å². The van der Waals surface area contributed by atoms with E-state index in [0.29, 0.717) is 28.3 Å². The Labute approximate surface area is 192 Å². The molecule has 30 heavy (non-hydrogen) atoms. The predicted molar refractivity (Wildman–Crippen MR) is 126 cm³/mol. The SMILES string of the molecule is N#Cc1ccc(NC[C@@H]2C[C@H](c3ccc(Cl)cc3)[C@H](c3ccc(Cl)cc3Cl)C2)cc1. The number of benzene rings is 3. The van der Waals surface area contributed by atoms with Crippen LogP contribution in [0.4, 0.5) is 5.69 Å². The second-order valence-electron chi connectivity index (χ2n) is 7.84. The lowest BCUT2D eigenvalue weighted by molar-refractivity contribution is 0.565. The lowest BCUT2D eigenvalue weighted by Gasteiger charge is -2.21. The predicted octanol–water partition coefficient (Wildman–Crippen LogP) is 7.91. The van der Waals surface area contributed by atoms with Crippen LogP contribution in [0.2, 0.25) is 15.1 Å². The maximum atomic E-state index is 8.96. The highest BCUT2D eigenvalue weighted by atomic mass is 35.5. The van der Waals surface area contributed by atoms with Crippen molar-refractivity contribution in [3.8, 4) is 6.07 Å². The first kappa shape index (κ1) is 21.1. The summed E-state index contributed by atoms with van der Waals surface area (Å²) in [5.74, 6) is 1.19. The van der Waals surface area contributed by atoms with E-state index in [9.17, 15) is 0 Å². The Morgan fingerprint density at radius 2 is 1.50 bits per heavy atom. The van der Waals surface area contributed by atoms with Crippen LogP contribution in [0.15, 0.2) is 66.7 Å². The van der Waals surface area contributed by atoms with Crippen LogP contribution in [-0.2, 0) is 0 Å². The van der Waals surface area contributed by atoms with Gasteiger partial charge in [-0.1, -0.05) is 53.0 Å². The van der Waals surface area contributed by atoms with Crippen molar-refractivity contribution in [2.45, 2.75) is 24.7 Å². The first-order chi connectivity index (χ1) is 14.5. The van der Waals surface area contributed by atoms with Gasteiger partial charge in [0.1, 0.15) is 0 Å². The molecule has 0 bridgehead atoms. The summed E-state index contributed by atoms with van der Waals surface area (Å²) in [5.41, 5.74) is 4.14. The minimum atomic E-state index is 0.323. The van der Waals surface area contributed by atoms with Crippen LogP contribution in [0.3, 0.4) is 0 Å². The Balaban J connectivity index is 1.55. The van der Waals surface area contributed by atoms with Crippen molar-refractivity contribution in [3.63, 3.8) is 0 Å². The molecule has 1 fully saturated rings. The lowest BCUT2D eigenvalue weighted by Crippen LogP contribution is -2.11. The van der Waals surface area contributed by atoms with Crippen molar-refractivity contribution in [3.05, 3.63) is 98.5 Å². The van der Waals surface area contributed by atoms with Crippen LogP contribution in [0.1, 0.15) is 41.4 Å². The number of hydrogen-bond acceptors (Lipinski definition) is 2. The highest BCUT2D eigenvalue weighted by Crippen LogP contribution is 2.50. The minimum Gasteiger partial charge on any atom is -0.385 e. The molecule has 1 aliphatic carbocycles. The molecule has 1 aliphatic rings. The molecule has 5 heteroatoms. The third-order valence-electron chi connectivity index (χ3n) is 5.93. The summed E-state index contributed by atoms with van der Waals surface area (Å²) in [5, 5.41) is 14.6. The van der Waals surface area contributed by atoms with E-state index in [1.807, 2.05) is 48.5 Å². The van der Waals surface area contributed by atoms with Gasteiger partial charge >= 0.3 is 0 Å². The van der Waals surface area contributed by atoms with Gasteiger partial charge in [0.25, 0.3) is 0 Å². The summed E-state index contributed by atoms with van der Waals surface area (Å²) in [6.07, 6.45) is 2.10. The fourth-order valence-electron chi connectivity index (χ4n) is 4.46. The van der Waals surface area contributed by atoms with Crippen LogP contribution in [0.25, 0.3) is 0 Å². The average molecular weight is 456 g/mol. The number of halogens is 3. The van der Waals surface area contributed by atoms with Crippen LogP contribution in [0.5, 0.6) is 0 Å². The number of hydrogen-bond donors (Lipinski definition) is 1. The molecule has 1 saturated carbocycles. The highest BCUT2D eigenvalue weighted by molar-refractivity contribution is 6.35. The van der Waals surface area contributed by atoms with Crippen molar-refractivity contribution in [1.29, 1.82) is 5.26 Å². The van der Waals surface area contributed by atoms with Crippen molar-refractivity contribution < 1.29 is 0 Å². The Morgan fingerprint density at radius 1 is 0.833 bits per heavy atom. The summed E-state index contributed by atoms with van der Waals surface area (Å²) in [6, 6.07) is 23.7. The van der Waals surface area contributed by atoms with Gasteiger partial charge in [-0.15, -0.1) is 0 Å². The topological polar surface area (TPSA) is 35.8 Å². The molecule has 2 nitrogen and oxygen atoms in total. The Kier molecular flexibility index (Phi) is 6.54. The molecule has 0 unspecified atom stereocenters. The molecule has 1 N–H and O–H groups in total. The number of anilines is 1. The summed E-state index contributed by atoms with van der Waals surface area (Å²) in [7, 11) is 0. The van der Waals surface area contributed by atoms with Crippen LogP contribution >= 0.6 is 34.8 Å².